The number of hydrogen-bond donors (Lipinski definition) is 0. The minimum Gasteiger partial charge on any atom is -0.459 e. The van der Waals surface area contributed by atoms with E-state index in [1.807, 2.05) is 13.8 Å². The van der Waals surface area contributed by atoms with Crippen molar-refractivity contribution in [2.45, 2.75) is 13.8 Å². The highest BCUT2D eigenvalue weighted by atomic mass is 19.1. The second-order valence-corrected chi connectivity index (χ2v) is 2.25. The Morgan fingerprint density at radius 2 is 2.07 bits per heavy atom. The minimum absolute atomic E-state index is 0.378. The van der Waals surface area contributed by atoms with Gasteiger partial charge in [0.15, 0.2) is 0 Å². The zero-order chi connectivity index (χ0) is 11.7. The first-order valence-electron chi connectivity index (χ1n) is 4.58. The SMILES string of the molecule is CC.COC(=O)C#Cc1cccc(F)c1. The lowest BCUT2D eigenvalue weighted by molar-refractivity contribution is -0.133. The molecule has 3 heteroatoms. The van der Waals surface area contributed by atoms with Crippen molar-refractivity contribution in [3.63, 3.8) is 0 Å². The van der Waals surface area contributed by atoms with E-state index < -0.39 is 5.97 Å². The van der Waals surface area contributed by atoms with Crippen molar-refractivity contribution in [2.75, 3.05) is 7.11 Å². The molecule has 0 radical (unpaired) electrons. The lowest BCUT2D eigenvalue weighted by Gasteiger charge is -1.89. The van der Waals surface area contributed by atoms with Crippen molar-refractivity contribution >= 4 is 5.97 Å². The Labute approximate surface area is 89.1 Å². The van der Waals surface area contributed by atoms with E-state index in [0.717, 1.165) is 0 Å². The summed E-state index contributed by atoms with van der Waals surface area (Å²) < 4.78 is 16.9. The second-order valence-electron chi connectivity index (χ2n) is 2.25. The molecule has 0 bridgehead atoms. The highest BCUT2D eigenvalue weighted by Crippen LogP contribution is 2.00. The average molecular weight is 208 g/mol. The van der Waals surface area contributed by atoms with Gasteiger partial charge in [-0.05, 0) is 18.2 Å². The standard InChI is InChI=1S/C10H7FO2.C2H6/c1-13-10(12)6-5-8-3-2-4-9(11)7-8;1-2/h2-4,7H,1H3;1-2H3. The first-order valence-corrected chi connectivity index (χ1v) is 4.58. The fourth-order valence-electron chi connectivity index (χ4n) is 0.740. The summed E-state index contributed by atoms with van der Waals surface area (Å²) in [7, 11) is 1.24. The van der Waals surface area contributed by atoms with Crippen molar-refractivity contribution in [3.05, 3.63) is 35.6 Å². The van der Waals surface area contributed by atoms with Crippen LogP contribution in [0.5, 0.6) is 0 Å². The molecule has 0 N–H and O–H groups in total. The molecule has 1 rings (SSSR count). The van der Waals surface area contributed by atoms with Gasteiger partial charge < -0.3 is 4.74 Å². The molecule has 80 valence electrons. The van der Waals surface area contributed by atoms with Gasteiger partial charge in [0, 0.05) is 11.5 Å². The van der Waals surface area contributed by atoms with Crippen LogP contribution in [0.25, 0.3) is 0 Å². The van der Waals surface area contributed by atoms with Crippen LogP contribution >= 0.6 is 0 Å². The summed E-state index contributed by atoms with van der Waals surface area (Å²) in [5.41, 5.74) is 0.449. The highest BCUT2D eigenvalue weighted by Gasteiger charge is 1.92. The smallest absolute Gasteiger partial charge is 0.384 e. The lowest BCUT2D eigenvalue weighted by Crippen LogP contribution is -1.94. The van der Waals surface area contributed by atoms with Gasteiger partial charge in [-0.3, -0.25) is 0 Å². The molecule has 15 heavy (non-hydrogen) atoms. The number of halogens is 1. The highest BCUT2D eigenvalue weighted by molar-refractivity contribution is 5.88. The minimum atomic E-state index is -0.635. The number of carbonyl (C=O) groups excluding carboxylic acids is 1. The van der Waals surface area contributed by atoms with E-state index in [9.17, 15) is 9.18 Å². The summed E-state index contributed by atoms with van der Waals surface area (Å²) in [6.45, 7) is 4.00. The molecule has 0 aliphatic carbocycles. The van der Waals surface area contributed by atoms with Crippen LogP contribution in [0.1, 0.15) is 19.4 Å². The van der Waals surface area contributed by atoms with Gasteiger partial charge >= 0.3 is 5.97 Å². The number of hydrogen-bond acceptors (Lipinski definition) is 2. The largest absolute Gasteiger partial charge is 0.459 e. The molecule has 0 atom stereocenters. The third-order valence-electron chi connectivity index (χ3n) is 1.32. The maximum atomic E-state index is 12.6. The molecule has 0 aliphatic heterocycles. The van der Waals surface area contributed by atoms with E-state index in [2.05, 4.69) is 16.6 Å². The Hall–Kier alpha value is -1.82. The molecule has 0 saturated carbocycles. The van der Waals surface area contributed by atoms with Crippen molar-refractivity contribution in [1.29, 1.82) is 0 Å². The molecule has 0 aromatic heterocycles. The maximum Gasteiger partial charge on any atom is 0.384 e. The maximum absolute atomic E-state index is 12.6. The van der Waals surface area contributed by atoms with Gasteiger partial charge in [-0.15, -0.1) is 0 Å². The van der Waals surface area contributed by atoms with Gasteiger partial charge in [-0.25, -0.2) is 9.18 Å². The van der Waals surface area contributed by atoms with Crippen LogP contribution in [0.3, 0.4) is 0 Å². The van der Waals surface area contributed by atoms with Crippen LogP contribution in [0.15, 0.2) is 24.3 Å². The van der Waals surface area contributed by atoms with Gasteiger partial charge in [0.05, 0.1) is 7.11 Å². The first-order chi connectivity index (χ1) is 7.22. The normalized spacial score (nSPS) is 7.73. The van der Waals surface area contributed by atoms with E-state index in [1.165, 1.54) is 25.3 Å². The number of carbonyl (C=O) groups is 1. The molecule has 0 unspecified atom stereocenters. The number of ether oxygens (including phenoxy) is 1. The Morgan fingerprint density at radius 3 is 2.60 bits per heavy atom. The number of rotatable bonds is 0. The Morgan fingerprint density at radius 1 is 1.40 bits per heavy atom. The molecule has 0 spiro atoms. The summed E-state index contributed by atoms with van der Waals surface area (Å²) in [6.07, 6.45) is 0. The van der Waals surface area contributed by atoms with E-state index >= 15 is 0 Å². The molecule has 0 amide bonds. The summed E-state index contributed by atoms with van der Waals surface area (Å²) in [5, 5.41) is 0. The molecular formula is C12H13FO2. The molecule has 1 aromatic carbocycles. The van der Waals surface area contributed by atoms with Crippen LogP contribution in [0.2, 0.25) is 0 Å². The van der Waals surface area contributed by atoms with Crippen LogP contribution in [0.4, 0.5) is 4.39 Å². The van der Waals surface area contributed by atoms with Gasteiger partial charge in [-0.2, -0.15) is 0 Å². The number of benzene rings is 1. The van der Waals surface area contributed by atoms with Gasteiger partial charge in [0.2, 0.25) is 0 Å². The van der Waals surface area contributed by atoms with E-state index in [0.29, 0.717) is 5.56 Å². The molecule has 0 fully saturated rings. The van der Waals surface area contributed by atoms with Gasteiger partial charge in [0.1, 0.15) is 5.82 Å². The quantitative estimate of drug-likeness (QED) is 0.483. The zero-order valence-corrected chi connectivity index (χ0v) is 9.00. The fraction of sp³-hybridized carbons (Fsp3) is 0.250. The van der Waals surface area contributed by atoms with Crippen molar-refractivity contribution < 1.29 is 13.9 Å². The predicted octanol–water partition coefficient (Wildman–Crippen LogP) is 2.38. The number of methoxy groups -OCH3 is 1. The average Bonchev–Trinajstić information content (AvgIpc) is 2.29. The van der Waals surface area contributed by atoms with Gasteiger partial charge in [-0.1, -0.05) is 25.8 Å². The predicted molar refractivity (Wildman–Crippen MR) is 56.6 cm³/mol. The Balaban J connectivity index is 0.000000921. The van der Waals surface area contributed by atoms with Crippen LogP contribution < -0.4 is 0 Å². The Bertz CT molecular complexity index is 375. The number of esters is 1. The summed E-state index contributed by atoms with van der Waals surface area (Å²) >= 11 is 0. The van der Waals surface area contributed by atoms with Crippen LogP contribution in [-0.2, 0) is 9.53 Å². The fourth-order valence-corrected chi connectivity index (χ4v) is 0.740. The van der Waals surface area contributed by atoms with Crippen molar-refractivity contribution in [2.24, 2.45) is 0 Å². The molecule has 0 aliphatic rings. The topological polar surface area (TPSA) is 26.3 Å². The van der Waals surface area contributed by atoms with Crippen LogP contribution in [0, 0.1) is 17.7 Å². The molecule has 0 heterocycles. The van der Waals surface area contributed by atoms with Crippen molar-refractivity contribution in [3.8, 4) is 11.8 Å². The van der Waals surface area contributed by atoms with Crippen LogP contribution in [-0.4, -0.2) is 13.1 Å². The third-order valence-corrected chi connectivity index (χ3v) is 1.32. The van der Waals surface area contributed by atoms with E-state index in [-0.39, 0.29) is 5.82 Å². The molecule has 1 aromatic rings. The third kappa shape index (κ3) is 5.48. The van der Waals surface area contributed by atoms with Crippen molar-refractivity contribution in [1.82, 2.24) is 0 Å². The molecule has 0 saturated heterocycles. The first kappa shape index (κ1) is 13.2. The molecular weight excluding hydrogens is 195 g/mol. The lowest BCUT2D eigenvalue weighted by atomic mass is 10.2. The van der Waals surface area contributed by atoms with E-state index in [1.54, 1.807) is 6.07 Å². The van der Waals surface area contributed by atoms with Gasteiger partial charge in [0.25, 0.3) is 0 Å². The summed E-state index contributed by atoms with van der Waals surface area (Å²) in [6, 6.07) is 5.69. The second kappa shape index (κ2) is 7.57. The zero-order valence-electron chi connectivity index (χ0n) is 9.00. The van der Waals surface area contributed by atoms with E-state index in [4.69, 9.17) is 0 Å². The summed E-state index contributed by atoms with van der Waals surface area (Å²) in [5.74, 6) is 3.66. The Kier molecular flexibility index (Phi) is 6.65. The molecule has 2 nitrogen and oxygen atoms in total. The summed E-state index contributed by atoms with van der Waals surface area (Å²) in [4.78, 5) is 10.6. The monoisotopic (exact) mass is 208 g/mol.